The van der Waals surface area contributed by atoms with Crippen molar-refractivity contribution in [3.63, 3.8) is 0 Å². The number of hydrogen-bond donors (Lipinski definition) is 0. The molecule has 0 saturated heterocycles. The lowest BCUT2D eigenvalue weighted by Gasteiger charge is -2.19. The number of halogens is 1. The molecule has 0 bridgehead atoms. The van der Waals surface area contributed by atoms with Gasteiger partial charge in [-0.2, -0.15) is 0 Å². The van der Waals surface area contributed by atoms with E-state index in [1.165, 1.54) is 11.0 Å². The zero-order valence-corrected chi connectivity index (χ0v) is 15.8. The zero-order chi connectivity index (χ0) is 19.1. The van der Waals surface area contributed by atoms with E-state index in [-0.39, 0.29) is 18.3 Å². The quantitative estimate of drug-likeness (QED) is 0.695. The highest BCUT2D eigenvalue weighted by Crippen LogP contribution is 2.29. The highest BCUT2D eigenvalue weighted by atomic mass is 19.1. The first-order valence-corrected chi connectivity index (χ1v) is 8.72. The van der Waals surface area contributed by atoms with Crippen LogP contribution in [0.5, 0.6) is 11.5 Å². The number of carbonyl (C=O) groups is 1. The van der Waals surface area contributed by atoms with Crippen LogP contribution in [-0.2, 0) is 6.54 Å². The Bertz CT molecular complexity index is 746. The van der Waals surface area contributed by atoms with Crippen molar-refractivity contribution in [1.82, 2.24) is 4.90 Å². The van der Waals surface area contributed by atoms with Crippen molar-refractivity contribution in [3.8, 4) is 11.5 Å². The minimum absolute atomic E-state index is 0.195. The third-order valence-corrected chi connectivity index (χ3v) is 4.08. The van der Waals surface area contributed by atoms with Crippen LogP contribution in [0.1, 0.15) is 36.2 Å². The molecule has 0 aliphatic carbocycles. The van der Waals surface area contributed by atoms with Crippen LogP contribution in [0.4, 0.5) is 4.39 Å². The first-order valence-electron chi connectivity index (χ1n) is 8.72. The Labute approximate surface area is 154 Å². The molecule has 0 spiro atoms. The second kappa shape index (κ2) is 9.22. The molecule has 0 unspecified atom stereocenters. The summed E-state index contributed by atoms with van der Waals surface area (Å²) in [4.78, 5) is 14.1. The van der Waals surface area contributed by atoms with Gasteiger partial charge in [-0.1, -0.05) is 32.0 Å². The second-order valence-electron chi connectivity index (χ2n) is 6.65. The number of benzene rings is 2. The summed E-state index contributed by atoms with van der Waals surface area (Å²) in [6.07, 6.45) is 0.940. The lowest BCUT2D eigenvalue weighted by molar-refractivity contribution is 0.0783. The summed E-state index contributed by atoms with van der Waals surface area (Å²) in [5.41, 5.74) is 0.945. The SMILES string of the molecule is COc1cc(C(=O)N(C)Cc2ccccc2F)ccc1OCCC(C)C. The molecule has 0 aliphatic heterocycles. The molecule has 4 nitrogen and oxygen atoms in total. The van der Waals surface area contributed by atoms with Crippen molar-refractivity contribution in [3.05, 3.63) is 59.4 Å². The van der Waals surface area contributed by atoms with Gasteiger partial charge in [0.05, 0.1) is 13.7 Å². The van der Waals surface area contributed by atoms with Gasteiger partial charge in [0.2, 0.25) is 0 Å². The van der Waals surface area contributed by atoms with Crippen LogP contribution >= 0.6 is 0 Å². The maximum Gasteiger partial charge on any atom is 0.254 e. The van der Waals surface area contributed by atoms with E-state index in [2.05, 4.69) is 13.8 Å². The topological polar surface area (TPSA) is 38.8 Å². The van der Waals surface area contributed by atoms with Crippen LogP contribution in [0.2, 0.25) is 0 Å². The second-order valence-corrected chi connectivity index (χ2v) is 6.65. The molecule has 0 atom stereocenters. The molecule has 1 amide bonds. The normalized spacial score (nSPS) is 10.7. The highest BCUT2D eigenvalue weighted by molar-refractivity contribution is 5.94. The molecule has 2 aromatic carbocycles. The number of rotatable bonds is 8. The van der Waals surface area contributed by atoms with Gasteiger partial charge in [-0.15, -0.1) is 0 Å². The summed E-state index contributed by atoms with van der Waals surface area (Å²) < 4.78 is 24.9. The molecule has 26 heavy (non-hydrogen) atoms. The number of carbonyl (C=O) groups excluding carboxylic acids is 1. The number of nitrogens with zero attached hydrogens (tertiary/aromatic N) is 1. The van der Waals surface area contributed by atoms with Crippen molar-refractivity contribution in [2.45, 2.75) is 26.8 Å². The smallest absolute Gasteiger partial charge is 0.254 e. The summed E-state index contributed by atoms with van der Waals surface area (Å²) in [6.45, 7) is 5.05. The summed E-state index contributed by atoms with van der Waals surface area (Å²) in [6, 6.07) is 11.5. The molecule has 2 aromatic rings. The molecular formula is C21H26FNO3. The van der Waals surface area contributed by atoms with E-state index in [1.54, 1.807) is 50.6 Å². The Hall–Kier alpha value is -2.56. The lowest BCUT2D eigenvalue weighted by Crippen LogP contribution is -2.26. The van der Waals surface area contributed by atoms with Crippen molar-refractivity contribution < 1.29 is 18.7 Å². The Balaban J connectivity index is 2.09. The first kappa shape index (κ1) is 19.8. The molecule has 0 fully saturated rings. The highest BCUT2D eigenvalue weighted by Gasteiger charge is 2.16. The van der Waals surface area contributed by atoms with E-state index < -0.39 is 0 Å². The predicted molar refractivity (Wildman–Crippen MR) is 100 cm³/mol. The van der Waals surface area contributed by atoms with Crippen LogP contribution in [0.25, 0.3) is 0 Å². The van der Waals surface area contributed by atoms with Gasteiger partial charge in [0.1, 0.15) is 5.82 Å². The molecule has 0 N–H and O–H groups in total. The fraction of sp³-hybridized carbons (Fsp3) is 0.381. The van der Waals surface area contributed by atoms with Gasteiger partial charge in [-0.05, 0) is 36.6 Å². The van der Waals surface area contributed by atoms with Crippen LogP contribution in [-0.4, -0.2) is 31.6 Å². The fourth-order valence-corrected chi connectivity index (χ4v) is 2.50. The van der Waals surface area contributed by atoms with E-state index in [9.17, 15) is 9.18 Å². The number of methoxy groups -OCH3 is 1. The lowest BCUT2D eigenvalue weighted by atomic mass is 10.1. The van der Waals surface area contributed by atoms with Crippen molar-refractivity contribution in [2.75, 3.05) is 20.8 Å². The average molecular weight is 359 g/mol. The third kappa shape index (κ3) is 5.22. The standard InChI is InChI=1S/C21H26FNO3/c1-15(2)11-12-26-19-10-9-16(13-20(19)25-4)21(24)23(3)14-17-7-5-6-8-18(17)22/h5-10,13,15H,11-12,14H2,1-4H3. The molecule has 2 rings (SSSR count). The Morgan fingerprint density at radius 1 is 1.15 bits per heavy atom. The van der Waals surface area contributed by atoms with Gasteiger partial charge in [-0.3, -0.25) is 4.79 Å². The number of hydrogen-bond acceptors (Lipinski definition) is 3. The summed E-state index contributed by atoms with van der Waals surface area (Å²) >= 11 is 0. The minimum Gasteiger partial charge on any atom is -0.493 e. The average Bonchev–Trinajstić information content (AvgIpc) is 2.62. The van der Waals surface area contributed by atoms with Gasteiger partial charge < -0.3 is 14.4 Å². The van der Waals surface area contributed by atoms with Gasteiger partial charge in [0.15, 0.2) is 11.5 Å². The Kier molecular flexibility index (Phi) is 7.01. The predicted octanol–water partition coefficient (Wildman–Crippen LogP) is 4.53. The largest absolute Gasteiger partial charge is 0.493 e. The van der Waals surface area contributed by atoms with Crippen LogP contribution < -0.4 is 9.47 Å². The Morgan fingerprint density at radius 3 is 2.54 bits per heavy atom. The van der Waals surface area contributed by atoms with Crippen molar-refractivity contribution in [2.24, 2.45) is 5.92 Å². The van der Waals surface area contributed by atoms with Crippen molar-refractivity contribution in [1.29, 1.82) is 0 Å². The first-order chi connectivity index (χ1) is 12.4. The third-order valence-electron chi connectivity index (χ3n) is 4.08. The van der Waals surface area contributed by atoms with E-state index in [4.69, 9.17) is 9.47 Å². The molecule has 0 aromatic heterocycles. The molecule has 0 aliphatic rings. The molecule has 0 radical (unpaired) electrons. The monoisotopic (exact) mass is 359 g/mol. The summed E-state index contributed by atoms with van der Waals surface area (Å²) in [7, 11) is 3.19. The maximum absolute atomic E-state index is 13.8. The molecule has 5 heteroatoms. The zero-order valence-electron chi connectivity index (χ0n) is 15.8. The van der Waals surface area contributed by atoms with E-state index in [0.29, 0.717) is 35.2 Å². The summed E-state index contributed by atoms with van der Waals surface area (Å²) in [5.74, 6) is 1.15. The van der Waals surface area contributed by atoms with Gasteiger partial charge in [0, 0.05) is 24.7 Å². The fourth-order valence-electron chi connectivity index (χ4n) is 2.50. The van der Waals surface area contributed by atoms with E-state index >= 15 is 0 Å². The van der Waals surface area contributed by atoms with Gasteiger partial charge in [-0.25, -0.2) is 4.39 Å². The van der Waals surface area contributed by atoms with Gasteiger partial charge in [0.25, 0.3) is 5.91 Å². The molecule has 0 heterocycles. The van der Waals surface area contributed by atoms with Gasteiger partial charge >= 0.3 is 0 Å². The molecule has 0 saturated carbocycles. The maximum atomic E-state index is 13.8. The minimum atomic E-state index is -0.321. The number of amides is 1. The van der Waals surface area contributed by atoms with E-state index in [0.717, 1.165) is 6.42 Å². The number of ether oxygens (including phenoxy) is 2. The van der Waals surface area contributed by atoms with Crippen LogP contribution in [0.15, 0.2) is 42.5 Å². The van der Waals surface area contributed by atoms with Crippen LogP contribution in [0.3, 0.4) is 0 Å². The van der Waals surface area contributed by atoms with Crippen LogP contribution in [0, 0.1) is 11.7 Å². The summed E-state index contributed by atoms with van der Waals surface area (Å²) in [5, 5.41) is 0. The Morgan fingerprint density at radius 2 is 1.88 bits per heavy atom. The van der Waals surface area contributed by atoms with E-state index in [1.807, 2.05) is 0 Å². The molecular weight excluding hydrogens is 333 g/mol. The molecule has 140 valence electrons. The van der Waals surface area contributed by atoms with Crippen molar-refractivity contribution >= 4 is 5.91 Å².